The van der Waals surface area contributed by atoms with Gasteiger partial charge < -0.3 is 20.2 Å². The van der Waals surface area contributed by atoms with Gasteiger partial charge in [-0.15, -0.1) is 24.0 Å². The summed E-state index contributed by atoms with van der Waals surface area (Å²) in [6.07, 6.45) is 2.46. The molecule has 5 nitrogen and oxygen atoms in total. The van der Waals surface area contributed by atoms with Crippen LogP contribution in [0, 0.1) is 13.8 Å². The van der Waals surface area contributed by atoms with Crippen molar-refractivity contribution in [2.24, 2.45) is 10.7 Å². The Hall–Kier alpha value is -1.54. The number of halogens is 1. The number of hydrogen-bond acceptors (Lipinski definition) is 3. The van der Waals surface area contributed by atoms with E-state index in [1.54, 1.807) is 6.26 Å². The number of rotatable bonds is 7. The van der Waals surface area contributed by atoms with Crippen molar-refractivity contribution in [3.05, 3.63) is 53.5 Å². The van der Waals surface area contributed by atoms with Crippen LogP contribution in [0.3, 0.4) is 0 Å². The van der Waals surface area contributed by atoms with Crippen molar-refractivity contribution in [3.63, 3.8) is 0 Å². The Morgan fingerprint density at radius 2 is 2.00 bits per heavy atom. The number of furan rings is 1. The van der Waals surface area contributed by atoms with Crippen molar-refractivity contribution < 1.29 is 9.15 Å². The lowest BCUT2D eigenvalue weighted by molar-refractivity contribution is 0.105. The maximum absolute atomic E-state index is 5.88. The molecule has 1 aromatic carbocycles. The van der Waals surface area contributed by atoms with Gasteiger partial charge in [0, 0.05) is 18.8 Å². The molecule has 6 heteroatoms. The van der Waals surface area contributed by atoms with Crippen LogP contribution >= 0.6 is 24.0 Å². The average molecular weight is 429 g/mol. The smallest absolute Gasteiger partial charge is 0.193 e. The van der Waals surface area contributed by atoms with Gasteiger partial charge in [-0.25, -0.2) is 0 Å². The molecule has 0 aliphatic heterocycles. The molecule has 0 spiro atoms. The Morgan fingerprint density at radius 1 is 1.26 bits per heavy atom. The lowest BCUT2D eigenvalue weighted by Crippen LogP contribution is -2.23. The molecule has 0 bridgehead atoms. The first-order valence-electron chi connectivity index (χ1n) is 7.39. The maximum Gasteiger partial charge on any atom is 0.193 e. The Morgan fingerprint density at radius 3 is 2.65 bits per heavy atom. The van der Waals surface area contributed by atoms with Gasteiger partial charge in [-0.1, -0.05) is 6.07 Å². The molecule has 0 unspecified atom stereocenters. The summed E-state index contributed by atoms with van der Waals surface area (Å²) in [7, 11) is 0. The van der Waals surface area contributed by atoms with Crippen LogP contribution in [0.5, 0.6) is 0 Å². The number of aryl methyl sites for hydroxylation is 2. The first-order valence-corrected chi connectivity index (χ1v) is 7.39. The molecule has 0 aliphatic rings. The highest BCUT2D eigenvalue weighted by Crippen LogP contribution is 2.13. The minimum Gasteiger partial charge on any atom is -0.467 e. The van der Waals surface area contributed by atoms with E-state index < -0.39 is 0 Å². The molecule has 2 aromatic rings. The third-order valence-corrected chi connectivity index (χ3v) is 3.05. The average Bonchev–Trinajstić information content (AvgIpc) is 2.94. The van der Waals surface area contributed by atoms with E-state index in [2.05, 4.69) is 30.2 Å². The molecular formula is C17H24IN3O2. The number of nitrogens with zero attached hydrogens (tertiary/aromatic N) is 1. The zero-order valence-corrected chi connectivity index (χ0v) is 15.9. The normalized spacial score (nSPS) is 11.1. The Labute approximate surface area is 154 Å². The fourth-order valence-electron chi connectivity index (χ4n) is 2.17. The van der Waals surface area contributed by atoms with Crippen molar-refractivity contribution in [1.29, 1.82) is 0 Å². The monoisotopic (exact) mass is 429 g/mol. The standard InChI is InChI=1S/C17H23N3O2.HI/c1-13-9-14(2)11-15(10-13)20-17(18)19-6-4-7-21-12-16-5-3-8-22-16;/h3,5,8-11H,4,6-7,12H2,1-2H3,(H3,18,19,20);1H. The molecule has 1 aromatic heterocycles. The van der Waals surface area contributed by atoms with E-state index in [0.29, 0.717) is 25.7 Å². The van der Waals surface area contributed by atoms with Crippen molar-refractivity contribution in [3.8, 4) is 0 Å². The van der Waals surface area contributed by atoms with E-state index in [1.165, 1.54) is 11.1 Å². The predicted octanol–water partition coefficient (Wildman–Crippen LogP) is 3.85. The predicted molar refractivity (Wildman–Crippen MR) is 104 cm³/mol. The third kappa shape index (κ3) is 7.51. The number of hydrogen-bond donors (Lipinski definition) is 2. The van der Waals surface area contributed by atoms with E-state index in [4.69, 9.17) is 14.9 Å². The highest BCUT2D eigenvalue weighted by atomic mass is 127. The molecule has 0 fully saturated rings. The molecule has 3 N–H and O–H groups in total. The quantitative estimate of drug-likeness (QED) is 0.304. The summed E-state index contributed by atoms with van der Waals surface area (Å²) < 4.78 is 10.7. The molecule has 0 saturated heterocycles. The summed E-state index contributed by atoms with van der Waals surface area (Å²) in [5.41, 5.74) is 9.24. The van der Waals surface area contributed by atoms with Crippen LogP contribution in [-0.2, 0) is 11.3 Å². The van der Waals surface area contributed by atoms with Crippen molar-refractivity contribution in [2.45, 2.75) is 26.9 Å². The first-order chi connectivity index (χ1) is 10.6. The number of ether oxygens (including phenoxy) is 1. The molecule has 126 valence electrons. The number of nitrogens with two attached hydrogens (primary N) is 1. The molecular weight excluding hydrogens is 405 g/mol. The summed E-state index contributed by atoms with van der Waals surface area (Å²) >= 11 is 0. The van der Waals surface area contributed by atoms with Crippen molar-refractivity contribution in [2.75, 3.05) is 18.5 Å². The molecule has 0 radical (unpaired) electrons. The molecule has 0 atom stereocenters. The van der Waals surface area contributed by atoms with Crippen LogP contribution in [0.25, 0.3) is 0 Å². The summed E-state index contributed by atoms with van der Waals surface area (Å²) in [6, 6.07) is 9.95. The Balaban J connectivity index is 0.00000264. The number of benzene rings is 1. The number of anilines is 1. The van der Waals surface area contributed by atoms with Gasteiger partial charge in [-0.2, -0.15) is 0 Å². The number of guanidine groups is 1. The number of nitrogens with one attached hydrogen (secondary N) is 1. The van der Waals surface area contributed by atoms with Crippen molar-refractivity contribution in [1.82, 2.24) is 0 Å². The van der Waals surface area contributed by atoms with Gasteiger partial charge in [-0.05, 0) is 55.7 Å². The van der Waals surface area contributed by atoms with E-state index in [9.17, 15) is 0 Å². The van der Waals surface area contributed by atoms with Crippen LogP contribution in [0.15, 0.2) is 46.0 Å². The van der Waals surface area contributed by atoms with Crippen LogP contribution in [0.2, 0.25) is 0 Å². The van der Waals surface area contributed by atoms with Crippen LogP contribution in [0.1, 0.15) is 23.3 Å². The first kappa shape index (κ1) is 19.5. The molecule has 1 heterocycles. The number of aliphatic imine (C=N–C) groups is 1. The molecule has 0 amide bonds. The zero-order chi connectivity index (χ0) is 15.8. The van der Waals surface area contributed by atoms with Crippen LogP contribution in [-0.4, -0.2) is 19.1 Å². The molecule has 2 rings (SSSR count). The lowest BCUT2D eigenvalue weighted by Gasteiger charge is -2.08. The van der Waals surface area contributed by atoms with Gasteiger partial charge >= 0.3 is 0 Å². The highest BCUT2D eigenvalue weighted by Gasteiger charge is 1.98. The van der Waals surface area contributed by atoms with Gasteiger partial charge in [-0.3, -0.25) is 4.99 Å². The summed E-state index contributed by atoms with van der Waals surface area (Å²) in [5, 5.41) is 3.11. The van der Waals surface area contributed by atoms with Crippen LogP contribution in [0.4, 0.5) is 5.69 Å². The van der Waals surface area contributed by atoms with Gasteiger partial charge in [0.1, 0.15) is 12.4 Å². The maximum atomic E-state index is 5.88. The minimum atomic E-state index is 0. The highest BCUT2D eigenvalue weighted by molar-refractivity contribution is 14.0. The van der Waals surface area contributed by atoms with Gasteiger partial charge in [0.05, 0.1) is 6.26 Å². The molecule has 0 aliphatic carbocycles. The van der Waals surface area contributed by atoms with Crippen molar-refractivity contribution >= 4 is 35.6 Å². The Kier molecular flexibility index (Phi) is 8.71. The topological polar surface area (TPSA) is 72.8 Å². The summed E-state index contributed by atoms with van der Waals surface area (Å²) in [5.74, 6) is 1.26. The minimum absolute atomic E-state index is 0. The third-order valence-electron chi connectivity index (χ3n) is 3.05. The fraction of sp³-hybridized carbons (Fsp3) is 0.353. The lowest BCUT2D eigenvalue weighted by atomic mass is 10.1. The second-order valence-corrected chi connectivity index (χ2v) is 5.25. The van der Waals surface area contributed by atoms with E-state index >= 15 is 0 Å². The second-order valence-electron chi connectivity index (χ2n) is 5.25. The fourth-order valence-corrected chi connectivity index (χ4v) is 2.17. The largest absolute Gasteiger partial charge is 0.467 e. The zero-order valence-electron chi connectivity index (χ0n) is 13.5. The van der Waals surface area contributed by atoms with Gasteiger partial charge in [0.15, 0.2) is 5.96 Å². The second kappa shape index (κ2) is 10.3. The van der Waals surface area contributed by atoms with Gasteiger partial charge in [0.2, 0.25) is 0 Å². The van der Waals surface area contributed by atoms with E-state index in [0.717, 1.165) is 17.9 Å². The summed E-state index contributed by atoms with van der Waals surface area (Å²) in [4.78, 5) is 4.29. The molecule has 23 heavy (non-hydrogen) atoms. The molecule has 0 saturated carbocycles. The van der Waals surface area contributed by atoms with E-state index in [-0.39, 0.29) is 24.0 Å². The van der Waals surface area contributed by atoms with E-state index in [1.807, 2.05) is 24.3 Å². The Bertz CT molecular complexity index is 592. The SMILES string of the molecule is Cc1cc(C)cc(NC(N)=NCCCOCc2ccco2)c1.I. The van der Waals surface area contributed by atoms with Gasteiger partial charge in [0.25, 0.3) is 0 Å². The summed E-state index contributed by atoms with van der Waals surface area (Å²) in [6.45, 7) is 5.86. The van der Waals surface area contributed by atoms with Crippen LogP contribution < -0.4 is 11.1 Å².